The molecule has 1 aromatic rings. The smallest absolute Gasteiger partial charge is 0.316 e. The quantitative estimate of drug-likeness (QED) is 0.353. The molecule has 1 amide bonds. The standard InChI is InChI=1S/C9H11ClN2OS2/c1-12(9(10)13)6-7-14-15-8-4-2-3-5-11-8/h2-5H,6-7H2,1H3. The molecule has 1 heterocycles. The van der Waals surface area contributed by atoms with Gasteiger partial charge in [-0.1, -0.05) is 16.9 Å². The predicted molar refractivity (Wildman–Crippen MR) is 66.4 cm³/mol. The summed E-state index contributed by atoms with van der Waals surface area (Å²) in [4.78, 5) is 16.3. The van der Waals surface area contributed by atoms with E-state index in [1.165, 1.54) is 4.90 Å². The van der Waals surface area contributed by atoms with Crippen molar-refractivity contribution in [3.05, 3.63) is 24.4 Å². The molecule has 0 aliphatic rings. The third-order valence-corrected chi connectivity index (χ3v) is 4.13. The number of carbonyl (C=O) groups excluding carboxylic acids is 1. The van der Waals surface area contributed by atoms with Crippen LogP contribution in [0.1, 0.15) is 0 Å². The third-order valence-electron chi connectivity index (χ3n) is 1.59. The van der Waals surface area contributed by atoms with E-state index in [0.717, 1.165) is 10.8 Å². The van der Waals surface area contributed by atoms with Gasteiger partial charge in [0.15, 0.2) is 0 Å². The first-order chi connectivity index (χ1) is 7.20. The summed E-state index contributed by atoms with van der Waals surface area (Å²) >= 11 is 5.28. The number of amides is 1. The minimum absolute atomic E-state index is 0.418. The van der Waals surface area contributed by atoms with Gasteiger partial charge < -0.3 is 4.90 Å². The van der Waals surface area contributed by atoms with Crippen LogP contribution < -0.4 is 0 Å². The van der Waals surface area contributed by atoms with E-state index in [-0.39, 0.29) is 0 Å². The fourth-order valence-corrected chi connectivity index (χ4v) is 2.77. The van der Waals surface area contributed by atoms with Gasteiger partial charge in [-0.15, -0.1) is 0 Å². The van der Waals surface area contributed by atoms with Crippen LogP contribution in [-0.2, 0) is 0 Å². The van der Waals surface area contributed by atoms with Crippen LogP contribution in [-0.4, -0.2) is 34.6 Å². The van der Waals surface area contributed by atoms with E-state index in [2.05, 4.69) is 4.98 Å². The van der Waals surface area contributed by atoms with E-state index in [9.17, 15) is 4.79 Å². The summed E-state index contributed by atoms with van der Waals surface area (Å²) in [5.41, 5.74) is 0. The first-order valence-electron chi connectivity index (χ1n) is 4.31. The molecule has 1 rings (SSSR count). The normalized spacial score (nSPS) is 10.0. The molecule has 82 valence electrons. The predicted octanol–water partition coefficient (Wildman–Crippen LogP) is 3.11. The first kappa shape index (κ1) is 12.7. The van der Waals surface area contributed by atoms with Crippen LogP contribution in [0.15, 0.2) is 29.4 Å². The number of hydrogen-bond acceptors (Lipinski definition) is 4. The number of pyridine rings is 1. The Morgan fingerprint density at radius 2 is 2.40 bits per heavy atom. The van der Waals surface area contributed by atoms with Crippen LogP contribution in [0.25, 0.3) is 0 Å². The van der Waals surface area contributed by atoms with E-state index < -0.39 is 5.37 Å². The average molecular weight is 263 g/mol. The van der Waals surface area contributed by atoms with Gasteiger partial charge >= 0.3 is 5.37 Å². The molecular weight excluding hydrogens is 252 g/mol. The van der Waals surface area contributed by atoms with Crippen molar-refractivity contribution >= 4 is 38.6 Å². The molecule has 0 bridgehead atoms. The Hall–Kier alpha value is -0.390. The van der Waals surface area contributed by atoms with Gasteiger partial charge in [-0.25, -0.2) is 4.98 Å². The summed E-state index contributed by atoms with van der Waals surface area (Å²) in [6.07, 6.45) is 1.76. The van der Waals surface area contributed by atoms with Gasteiger partial charge in [-0.2, -0.15) is 0 Å². The van der Waals surface area contributed by atoms with Crippen LogP contribution in [0.4, 0.5) is 4.79 Å². The molecule has 0 aliphatic carbocycles. The largest absolute Gasteiger partial charge is 0.331 e. The SMILES string of the molecule is CN(CCSSc1ccccn1)C(=O)Cl. The minimum atomic E-state index is -0.418. The second kappa shape index (κ2) is 6.98. The summed E-state index contributed by atoms with van der Waals surface area (Å²) in [5, 5.41) is 0.556. The summed E-state index contributed by atoms with van der Waals surface area (Å²) in [6.45, 7) is 0.646. The molecule has 0 aromatic carbocycles. The molecule has 0 unspecified atom stereocenters. The van der Waals surface area contributed by atoms with E-state index in [1.54, 1.807) is 34.8 Å². The number of rotatable bonds is 5. The third kappa shape index (κ3) is 5.30. The Labute approximate surface area is 102 Å². The lowest BCUT2D eigenvalue weighted by Crippen LogP contribution is -2.23. The number of aromatic nitrogens is 1. The molecule has 1 aromatic heterocycles. The van der Waals surface area contributed by atoms with E-state index in [4.69, 9.17) is 11.6 Å². The highest BCUT2D eigenvalue weighted by molar-refractivity contribution is 8.76. The van der Waals surface area contributed by atoms with Crippen molar-refractivity contribution in [2.75, 3.05) is 19.3 Å². The van der Waals surface area contributed by atoms with E-state index in [0.29, 0.717) is 6.54 Å². The second-order valence-corrected chi connectivity index (χ2v) is 5.51. The molecular formula is C9H11ClN2OS2. The molecule has 6 heteroatoms. The van der Waals surface area contributed by atoms with Gasteiger partial charge in [0.1, 0.15) is 5.03 Å². The fraction of sp³-hybridized carbons (Fsp3) is 0.333. The van der Waals surface area contributed by atoms with Gasteiger partial charge in [-0.3, -0.25) is 4.79 Å². The highest BCUT2D eigenvalue weighted by atomic mass is 35.5. The lowest BCUT2D eigenvalue weighted by Gasteiger charge is -2.11. The molecule has 0 radical (unpaired) electrons. The van der Waals surface area contributed by atoms with Crippen molar-refractivity contribution < 1.29 is 4.79 Å². The van der Waals surface area contributed by atoms with Crippen molar-refractivity contribution in [2.45, 2.75) is 5.03 Å². The number of hydrogen-bond donors (Lipinski definition) is 0. The zero-order valence-electron chi connectivity index (χ0n) is 8.22. The molecule has 0 atom stereocenters. The molecule has 0 saturated heterocycles. The Morgan fingerprint density at radius 1 is 1.60 bits per heavy atom. The highest BCUT2D eigenvalue weighted by Crippen LogP contribution is 2.28. The molecule has 15 heavy (non-hydrogen) atoms. The summed E-state index contributed by atoms with van der Waals surface area (Å²) in [6, 6.07) is 5.78. The average Bonchev–Trinajstić information content (AvgIpc) is 2.25. The lowest BCUT2D eigenvalue weighted by atomic mass is 10.5. The van der Waals surface area contributed by atoms with Gasteiger partial charge in [-0.05, 0) is 34.5 Å². The van der Waals surface area contributed by atoms with Crippen molar-refractivity contribution in [2.24, 2.45) is 0 Å². The van der Waals surface area contributed by atoms with E-state index in [1.807, 2.05) is 18.2 Å². The summed E-state index contributed by atoms with van der Waals surface area (Å²) in [7, 11) is 4.93. The molecule has 0 saturated carbocycles. The van der Waals surface area contributed by atoms with Gasteiger partial charge in [0, 0.05) is 25.5 Å². The second-order valence-electron chi connectivity index (χ2n) is 2.75. The number of carbonyl (C=O) groups is 1. The van der Waals surface area contributed by atoms with Gasteiger partial charge in [0.25, 0.3) is 0 Å². The van der Waals surface area contributed by atoms with Crippen molar-refractivity contribution in [3.63, 3.8) is 0 Å². The Kier molecular flexibility index (Phi) is 5.90. The van der Waals surface area contributed by atoms with Crippen LogP contribution in [0.5, 0.6) is 0 Å². The zero-order valence-corrected chi connectivity index (χ0v) is 10.6. The van der Waals surface area contributed by atoms with Crippen molar-refractivity contribution in [1.82, 2.24) is 9.88 Å². The molecule has 3 nitrogen and oxygen atoms in total. The van der Waals surface area contributed by atoms with Crippen LogP contribution in [0.2, 0.25) is 0 Å². The van der Waals surface area contributed by atoms with E-state index >= 15 is 0 Å². The summed E-state index contributed by atoms with van der Waals surface area (Å²) in [5.74, 6) is 0.830. The van der Waals surface area contributed by atoms with Crippen molar-refractivity contribution in [3.8, 4) is 0 Å². The summed E-state index contributed by atoms with van der Waals surface area (Å²) < 4.78 is 0. The minimum Gasteiger partial charge on any atom is -0.331 e. The molecule has 0 aliphatic heterocycles. The maximum absolute atomic E-state index is 10.7. The van der Waals surface area contributed by atoms with Crippen LogP contribution in [0, 0.1) is 0 Å². The van der Waals surface area contributed by atoms with Gasteiger partial charge in [0.05, 0.1) is 0 Å². The Balaban J connectivity index is 2.15. The monoisotopic (exact) mass is 262 g/mol. The fourth-order valence-electron chi connectivity index (χ4n) is 0.761. The number of halogens is 1. The lowest BCUT2D eigenvalue weighted by molar-refractivity contribution is 0.234. The molecule has 0 spiro atoms. The van der Waals surface area contributed by atoms with Crippen molar-refractivity contribution in [1.29, 1.82) is 0 Å². The molecule has 0 N–H and O–H groups in total. The number of nitrogens with zero attached hydrogens (tertiary/aromatic N) is 2. The Bertz CT molecular complexity index is 310. The van der Waals surface area contributed by atoms with Gasteiger partial charge in [0.2, 0.25) is 0 Å². The molecule has 0 fully saturated rings. The van der Waals surface area contributed by atoms with Crippen LogP contribution in [0.3, 0.4) is 0 Å². The Morgan fingerprint density at radius 3 is 3.00 bits per heavy atom. The zero-order chi connectivity index (χ0) is 11.1. The maximum Gasteiger partial charge on any atom is 0.316 e. The maximum atomic E-state index is 10.7. The highest BCUT2D eigenvalue weighted by Gasteiger charge is 2.03. The first-order valence-corrected chi connectivity index (χ1v) is 7.01. The topological polar surface area (TPSA) is 33.2 Å². The van der Waals surface area contributed by atoms with Crippen LogP contribution >= 0.6 is 33.2 Å².